The number of Topliss-reactive ketones (excluding diaryl/α,β-unsaturated/α-hetero) is 1. The topological polar surface area (TPSA) is 72.9 Å². The van der Waals surface area contributed by atoms with Gasteiger partial charge in [-0.2, -0.15) is 0 Å². The molecule has 0 N–H and O–H groups in total. The van der Waals surface area contributed by atoms with E-state index in [1.165, 1.54) is 0 Å². The number of carbonyl (C=O) groups excluding carboxylic acids is 3. The van der Waals surface area contributed by atoms with Gasteiger partial charge in [-0.25, -0.2) is 14.0 Å². The van der Waals surface area contributed by atoms with Gasteiger partial charge in [-0.15, -0.1) is 0 Å². The molecule has 1 aliphatic rings. The van der Waals surface area contributed by atoms with Crippen LogP contribution in [0.5, 0.6) is 0 Å². The van der Waals surface area contributed by atoms with Gasteiger partial charge in [0.2, 0.25) is 5.78 Å². The number of nitrogens with zero attached hydrogens (tertiary/aromatic N) is 1. The Bertz CT molecular complexity index is 516. The second kappa shape index (κ2) is 6.51. The molecule has 0 unspecified atom stereocenters. The summed E-state index contributed by atoms with van der Waals surface area (Å²) in [5.41, 5.74) is -1.19. The molecule has 0 aromatic rings. The summed E-state index contributed by atoms with van der Waals surface area (Å²) in [7, 11) is 0. The lowest BCUT2D eigenvalue weighted by Gasteiger charge is -2.24. The number of esters is 1. The van der Waals surface area contributed by atoms with Crippen LogP contribution in [0.3, 0.4) is 0 Å². The fourth-order valence-corrected chi connectivity index (χ4v) is 1.49. The van der Waals surface area contributed by atoms with Crippen LogP contribution in [-0.2, 0) is 19.1 Å². The van der Waals surface area contributed by atoms with Gasteiger partial charge in [0, 0.05) is 6.54 Å². The summed E-state index contributed by atoms with van der Waals surface area (Å²) in [6.07, 6.45) is 1.05. The Labute approximate surface area is 122 Å². The molecule has 0 saturated heterocycles. The number of hydrogen-bond donors (Lipinski definition) is 0. The van der Waals surface area contributed by atoms with Crippen molar-refractivity contribution in [1.29, 1.82) is 0 Å². The molecule has 1 heterocycles. The summed E-state index contributed by atoms with van der Waals surface area (Å²) in [6, 6.07) is 0. The average molecular weight is 299 g/mol. The molecule has 0 aromatic carbocycles. The van der Waals surface area contributed by atoms with Crippen LogP contribution in [0.2, 0.25) is 0 Å². The molecule has 1 aliphatic heterocycles. The summed E-state index contributed by atoms with van der Waals surface area (Å²) < 4.78 is 23.5. The van der Waals surface area contributed by atoms with E-state index >= 15 is 0 Å². The fourth-order valence-electron chi connectivity index (χ4n) is 1.49. The first kappa shape index (κ1) is 16.9. The van der Waals surface area contributed by atoms with Crippen molar-refractivity contribution in [3.05, 3.63) is 23.7 Å². The van der Waals surface area contributed by atoms with Gasteiger partial charge in [-0.3, -0.25) is 9.69 Å². The molecule has 0 radical (unpaired) electrons. The van der Waals surface area contributed by atoms with Gasteiger partial charge in [0.15, 0.2) is 5.83 Å². The molecule has 0 fully saturated rings. The van der Waals surface area contributed by atoms with E-state index in [1.54, 1.807) is 27.7 Å². The lowest BCUT2D eigenvalue weighted by atomic mass is 10.1. The monoisotopic (exact) mass is 299 g/mol. The standard InChI is InChI=1S/C14H18FNO5/c1-5-20-12(18)9-6-7-16(8-10(15)11(9)17)13(19)21-14(2,3)4/h6,8H,5,7H2,1-4H3. The molecule has 1 amide bonds. The number of allylic oxidation sites excluding steroid dienone is 1. The van der Waals surface area contributed by atoms with Crippen molar-refractivity contribution in [2.75, 3.05) is 13.2 Å². The third-order valence-corrected chi connectivity index (χ3v) is 2.35. The van der Waals surface area contributed by atoms with Crippen molar-refractivity contribution in [1.82, 2.24) is 4.90 Å². The molecule has 0 aromatic heterocycles. The predicted octanol–water partition coefficient (Wildman–Crippen LogP) is 2.11. The van der Waals surface area contributed by atoms with Crippen molar-refractivity contribution >= 4 is 17.8 Å². The Morgan fingerprint density at radius 3 is 2.52 bits per heavy atom. The third-order valence-electron chi connectivity index (χ3n) is 2.35. The Balaban J connectivity index is 2.97. The normalized spacial score (nSPS) is 15.9. The van der Waals surface area contributed by atoms with Crippen LogP contribution in [0.15, 0.2) is 23.7 Å². The molecule has 6 nitrogen and oxygen atoms in total. The zero-order chi connectivity index (χ0) is 16.2. The third kappa shape index (κ3) is 4.70. The van der Waals surface area contributed by atoms with Gasteiger partial charge in [0.25, 0.3) is 0 Å². The van der Waals surface area contributed by atoms with E-state index in [-0.39, 0.29) is 13.2 Å². The van der Waals surface area contributed by atoms with E-state index in [9.17, 15) is 18.8 Å². The first-order valence-corrected chi connectivity index (χ1v) is 6.44. The zero-order valence-corrected chi connectivity index (χ0v) is 12.4. The highest BCUT2D eigenvalue weighted by Gasteiger charge is 2.29. The van der Waals surface area contributed by atoms with Gasteiger partial charge in [0.1, 0.15) is 11.2 Å². The maximum Gasteiger partial charge on any atom is 0.414 e. The molecule has 7 heteroatoms. The largest absolute Gasteiger partial charge is 0.462 e. The minimum absolute atomic E-state index is 0.0601. The van der Waals surface area contributed by atoms with E-state index < -0.39 is 34.8 Å². The number of hydrogen-bond acceptors (Lipinski definition) is 5. The Kier molecular flexibility index (Phi) is 5.23. The van der Waals surface area contributed by atoms with Gasteiger partial charge < -0.3 is 9.47 Å². The molecule has 21 heavy (non-hydrogen) atoms. The first-order chi connectivity index (χ1) is 9.65. The van der Waals surface area contributed by atoms with E-state index in [0.29, 0.717) is 0 Å². The van der Waals surface area contributed by atoms with Crippen LogP contribution in [-0.4, -0.2) is 41.5 Å². The van der Waals surface area contributed by atoms with Crippen LogP contribution in [0.4, 0.5) is 9.18 Å². The molecular formula is C14H18FNO5. The van der Waals surface area contributed by atoms with E-state index in [4.69, 9.17) is 4.74 Å². The molecule has 116 valence electrons. The summed E-state index contributed by atoms with van der Waals surface area (Å²) in [6.45, 7) is 6.45. The lowest BCUT2D eigenvalue weighted by Crippen LogP contribution is -2.33. The second-order valence-corrected chi connectivity index (χ2v) is 5.28. The number of rotatable bonds is 2. The van der Waals surface area contributed by atoms with Crippen LogP contribution in [0, 0.1) is 0 Å². The van der Waals surface area contributed by atoms with Crippen LogP contribution < -0.4 is 0 Å². The molecular weight excluding hydrogens is 281 g/mol. The van der Waals surface area contributed by atoms with E-state index in [0.717, 1.165) is 17.2 Å². The van der Waals surface area contributed by atoms with Gasteiger partial charge in [0.05, 0.1) is 12.8 Å². The smallest absolute Gasteiger partial charge is 0.414 e. The summed E-state index contributed by atoms with van der Waals surface area (Å²) in [5, 5.41) is 0. The molecule has 0 bridgehead atoms. The van der Waals surface area contributed by atoms with Crippen molar-refractivity contribution in [2.24, 2.45) is 0 Å². The van der Waals surface area contributed by atoms with Crippen molar-refractivity contribution in [2.45, 2.75) is 33.3 Å². The van der Waals surface area contributed by atoms with Crippen LogP contribution in [0.25, 0.3) is 0 Å². The number of halogens is 1. The zero-order valence-electron chi connectivity index (χ0n) is 12.4. The molecule has 0 aliphatic carbocycles. The molecule has 0 spiro atoms. The minimum Gasteiger partial charge on any atom is -0.462 e. The van der Waals surface area contributed by atoms with Gasteiger partial charge in [-0.1, -0.05) is 0 Å². The quantitative estimate of drug-likeness (QED) is 0.577. The van der Waals surface area contributed by atoms with Crippen LogP contribution >= 0.6 is 0 Å². The SMILES string of the molecule is CCOC(=O)C1=CCN(C(=O)OC(C)(C)C)C=C(F)C1=O. The summed E-state index contributed by atoms with van der Waals surface area (Å²) in [5.74, 6) is -3.26. The first-order valence-electron chi connectivity index (χ1n) is 6.44. The van der Waals surface area contributed by atoms with E-state index in [2.05, 4.69) is 4.74 Å². The maximum atomic E-state index is 13.7. The summed E-state index contributed by atoms with van der Waals surface area (Å²) >= 11 is 0. The Morgan fingerprint density at radius 2 is 2.00 bits per heavy atom. The van der Waals surface area contributed by atoms with Gasteiger partial charge in [-0.05, 0) is 33.8 Å². The number of amides is 1. The van der Waals surface area contributed by atoms with Crippen molar-refractivity contribution in [3.63, 3.8) is 0 Å². The Hall–Kier alpha value is -2.18. The highest BCUT2D eigenvalue weighted by Crippen LogP contribution is 2.18. The van der Waals surface area contributed by atoms with Gasteiger partial charge >= 0.3 is 12.1 Å². The highest BCUT2D eigenvalue weighted by atomic mass is 19.1. The van der Waals surface area contributed by atoms with Crippen molar-refractivity contribution in [3.8, 4) is 0 Å². The van der Waals surface area contributed by atoms with E-state index in [1.807, 2.05) is 0 Å². The Morgan fingerprint density at radius 1 is 1.38 bits per heavy atom. The summed E-state index contributed by atoms with van der Waals surface area (Å²) in [4.78, 5) is 36.0. The number of ketones is 1. The van der Waals surface area contributed by atoms with Crippen LogP contribution in [0.1, 0.15) is 27.7 Å². The van der Waals surface area contributed by atoms with Crippen molar-refractivity contribution < 1.29 is 28.2 Å². The second-order valence-electron chi connectivity index (χ2n) is 5.28. The predicted molar refractivity (Wildman–Crippen MR) is 71.9 cm³/mol. The molecule has 1 rings (SSSR count). The maximum absolute atomic E-state index is 13.7. The molecule has 0 saturated carbocycles. The minimum atomic E-state index is -1.22. The number of carbonyl (C=O) groups is 3. The average Bonchev–Trinajstić information content (AvgIpc) is 2.48. The highest BCUT2D eigenvalue weighted by molar-refractivity contribution is 6.23. The fraction of sp³-hybridized carbons (Fsp3) is 0.500. The number of ether oxygens (including phenoxy) is 2. The lowest BCUT2D eigenvalue weighted by molar-refractivity contribution is -0.139. The molecule has 0 atom stereocenters.